The van der Waals surface area contributed by atoms with Crippen LogP contribution in [-0.2, 0) is 0 Å². The summed E-state index contributed by atoms with van der Waals surface area (Å²) in [7, 11) is 1.87. The summed E-state index contributed by atoms with van der Waals surface area (Å²) < 4.78 is 5.09. The molecule has 16 heavy (non-hydrogen) atoms. The number of hydrogen-bond donors (Lipinski definition) is 1. The molecule has 0 radical (unpaired) electrons. The molecule has 0 spiro atoms. The first-order valence-corrected chi connectivity index (χ1v) is 5.63. The largest absolute Gasteiger partial charge is 0.453 e. The molecular weight excluding hydrogens is 245 g/mol. The summed E-state index contributed by atoms with van der Waals surface area (Å²) in [6.45, 7) is 0. The third-order valence-electron chi connectivity index (χ3n) is 2.43. The van der Waals surface area contributed by atoms with Gasteiger partial charge in [-0.1, -0.05) is 23.7 Å². The molecule has 1 aromatic carbocycles. The first-order valence-electron chi connectivity index (χ1n) is 4.88. The molecule has 1 unspecified atom stereocenters. The van der Waals surface area contributed by atoms with Crippen molar-refractivity contribution in [2.45, 2.75) is 6.04 Å². The summed E-state index contributed by atoms with van der Waals surface area (Å²) in [6.07, 6.45) is 1.58. The van der Waals surface area contributed by atoms with Crippen LogP contribution in [0.15, 0.2) is 41.0 Å². The van der Waals surface area contributed by atoms with Crippen LogP contribution in [0.5, 0.6) is 0 Å². The van der Waals surface area contributed by atoms with Gasteiger partial charge in [0.2, 0.25) is 0 Å². The quantitative estimate of drug-likeness (QED) is 0.901. The van der Waals surface area contributed by atoms with Crippen molar-refractivity contribution in [3.63, 3.8) is 0 Å². The minimum atomic E-state index is -0.00931. The molecule has 2 nitrogen and oxygen atoms in total. The highest BCUT2D eigenvalue weighted by Crippen LogP contribution is 2.29. The van der Waals surface area contributed by atoms with Crippen molar-refractivity contribution in [1.82, 2.24) is 5.32 Å². The van der Waals surface area contributed by atoms with Gasteiger partial charge in [0.05, 0.1) is 12.3 Å². The fourth-order valence-electron chi connectivity index (χ4n) is 1.70. The summed E-state index contributed by atoms with van der Waals surface area (Å²) in [6, 6.07) is 9.50. The van der Waals surface area contributed by atoms with Gasteiger partial charge in [0.15, 0.2) is 5.22 Å². The smallest absolute Gasteiger partial charge is 0.198 e. The standard InChI is InChI=1S/C12H11Cl2NO/c1-15-11(10-5-6-16-12(10)14)8-3-2-4-9(13)7-8/h2-7,11,15H,1H3. The molecule has 0 amide bonds. The molecule has 0 aliphatic carbocycles. The molecule has 1 aromatic heterocycles. The Morgan fingerprint density at radius 3 is 2.62 bits per heavy atom. The van der Waals surface area contributed by atoms with Gasteiger partial charge in [-0.25, -0.2) is 0 Å². The summed E-state index contributed by atoms with van der Waals surface area (Å²) in [4.78, 5) is 0. The highest BCUT2D eigenvalue weighted by molar-refractivity contribution is 6.30. The summed E-state index contributed by atoms with van der Waals surface area (Å²) in [5.74, 6) is 0. The molecule has 0 bridgehead atoms. The van der Waals surface area contributed by atoms with Crippen LogP contribution in [0.1, 0.15) is 17.2 Å². The van der Waals surface area contributed by atoms with Gasteiger partial charge in [0.25, 0.3) is 0 Å². The molecule has 2 rings (SSSR count). The fraction of sp³-hybridized carbons (Fsp3) is 0.167. The Kier molecular flexibility index (Phi) is 3.54. The summed E-state index contributed by atoms with van der Waals surface area (Å²) in [5, 5.41) is 4.29. The lowest BCUT2D eigenvalue weighted by Gasteiger charge is -2.15. The zero-order valence-corrected chi connectivity index (χ0v) is 10.2. The van der Waals surface area contributed by atoms with Crippen molar-refractivity contribution in [3.8, 4) is 0 Å². The van der Waals surface area contributed by atoms with Crippen LogP contribution in [0.25, 0.3) is 0 Å². The second-order valence-corrected chi connectivity index (χ2v) is 4.21. The lowest BCUT2D eigenvalue weighted by molar-refractivity contribution is 0.559. The van der Waals surface area contributed by atoms with Gasteiger partial charge >= 0.3 is 0 Å². The Labute approximate surface area is 104 Å². The van der Waals surface area contributed by atoms with Crippen molar-refractivity contribution in [2.75, 3.05) is 7.05 Å². The lowest BCUT2D eigenvalue weighted by Crippen LogP contribution is -2.17. The molecule has 1 atom stereocenters. The number of nitrogens with one attached hydrogen (secondary N) is 1. The van der Waals surface area contributed by atoms with Crippen LogP contribution in [0.4, 0.5) is 0 Å². The third-order valence-corrected chi connectivity index (χ3v) is 2.97. The second-order valence-electron chi connectivity index (χ2n) is 3.43. The topological polar surface area (TPSA) is 25.2 Å². The van der Waals surface area contributed by atoms with Crippen LogP contribution >= 0.6 is 23.2 Å². The molecule has 2 aromatic rings. The van der Waals surface area contributed by atoms with Crippen LogP contribution in [-0.4, -0.2) is 7.05 Å². The molecule has 0 aliphatic heterocycles. The molecule has 1 heterocycles. The van der Waals surface area contributed by atoms with E-state index in [-0.39, 0.29) is 6.04 Å². The van der Waals surface area contributed by atoms with Gasteiger partial charge < -0.3 is 9.73 Å². The van der Waals surface area contributed by atoms with Crippen molar-refractivity contribution in [1.29, 1.82) is 0 Å². The van der Waals surface area contributed by atoms with Crippen LogP contribution in [0.2, 0.25) is 10.2 Å². The van der Waals surface area contributed by atoms with Crippen LogP contribution in [0.3, 0.4) is 0 Å². The maximum atomic E-state index is 5.96. The predicted octanol–water partition coefficient (Wildman–Crippen LogP) is 3.90. The molecule has 0 fully saturated rings. The molecule has 0 saturated carbocycles. The number of rotatable bonds is 3. The average Bonchev–Trinajstić information content (AvgIpc) is 2.67. The predicted molar refractivity (Wildman–Crippen MR) is 66.1 cm³/mol. The van der Waals surface area contributed by atoms with Crippen molar-refractivity contribution >= 4 is 23.2 Å². The molecular formula is C12H11Cl2NO. The van der Waals surface area contributed by atoms with E-state index in [0.717, 1.165) is 11.1 Å². The first kappa shape index (κ1) is 11.5. The minimum absolute atomic E-state index is 0.00931. The highest BCUT2D eigenvalue weighted by Gasteiger charge is 2.17. The van der Waals surface area contributed by atoms with E-state index in [1.807, 2.05) is 37.4 Å². The molecule has 0 saturated heterocycles. The summed E-state index contributed by atoms with van der Waals surface area (Å²) >= 11 is 11.9. The Morgan fingerprint density at radius 1 is 1.25 bits per heavy atom. The first-order chi connectivity index (χ1) is 7.72. The van der Waals surface area contributed by atoms with Gasteiger partial charge in [-0.3, -0.25) is 0 Å². The van der Waals surface area contributed by atoms with Gasteiger partial charge in [-0.15, -0.1) is 0 Å². The Balaban J connectivity index is 2.40. The molecule has 1 N–H and O–H groups in total. The van der Waals surface area contributed by atoms with Crippen molar-refractivity contribution in [2.24, 2.45) is 0 Å². The highest BCUT2D eigenvalue weighted by atomic mass is 35.5. The van der Waals surface area contributed by atoms with Gasteiger partial charge in [0.1, 0.15) is 0 Å². The lowest BCUT2D eigenvalue weighted by atomic mass is 10.0. The van der Waals surface area contributed by atoms with Crippen molar-refractivity contribution < 1.29 is 4.42 Å². The van der Waals surface area contributed by atoms with E-state index in [2.05, 4.69) is 5.32 Å². The molecule has 0 aliphatic rings. The second kappa shape index (κ2) is 4.91. The normalized spacial score (nSPS) is 12.7. The summed E-state index contributed by atoms with van der Waals surface area (Å²) in [5.41, 5.74) is 1.96. The van der Waals surface area contributed by atoms with E-state index in [0.29, 0.717) is 10.2 Å². The fourth-order valence-corrected chi connectivity index (χ4v) is 2.12. The zero-order valence-electron chi connectivity index (χ0n) is 8.71. The molecule has 84 valence electrons. The van der Waals surface area contributed by atoms with Gasteiger partial charge in [0, 0.05) is 10.6 Å². The third kappa shape index (κ3) is 2.24. The Morgan fingerprint density at radius 2 is 2.06 bits per heavy atom. The molecule has 4 heteroatoms. The maximum Gasteiger partial charge on any atom is 0.198 e. The number of benzene rings is 1. The number of hydrogen-bond acceptors (Lipinski definition) is 2. The van der Waals surface area contributed by atoms with E-state index in [9.17, 15) is 0 Å². The Hall–Kier alpha value is -0.960. The van der Waals surface area contributed by atoms with Gasteiger partial charge in [-0.2, -0.15) is 0 Å². The van der Waals surface area contributed by atoms with E-state index in [1.54, 1.807) is 6.26 Å². The monoisotopic (exact) mass is 255 g/mol. The SMILES string of the molecule is CNC(c1cccc(Cl)c1)c1ccoc1Cl. The van der Waals surface area contributed by atoms with E-state index in [1.165, 1.54) is 0 Å². The number of furan rings is 1. The van der Waals surface area contributed by atoms with E-state index < -0.39 is 0 Å². The maximum absolute atomic E-state index is 5.96. The van der Waals surface area contributed by atoms with E-state index in [4.69, 9.17) is 27.6 Å². The zero-order chi connectivity index (χ0) is 11.5. The average molecular weight is 256 g/mol. The van der Waals surface area contributed by atoms with Gasteiger partial charge in [-0.05, 0) is 42.4 Å². The Bertz CT molecular complexity index is 481. The van der Waals surface area contributed by atoms with Crippen LogP contribution in [0, 0.1) is 0 Å². The van der Waals surface area contributed by atoms with Crippen molar-refractivity contribution in [3.05, 3.63) is 58.0 Å². The van der Waals surface area contributed by atoms with Crippen LogP contribution < -0.4 is 5.32 Å². The van der Waals surface area contributed by atoms with E-state index >= 15 is 0 Å². The minimum Gasteiger partial charge on any atom is -0.453 e. The number of halogens is 2.